The van der Waals surface area contributed by atoms with Gasteiger partial charge >= 0.3 is 5.97 Å². The molecule has 0 aliphatic carbocycles. The molecule has 0 aliphatic heterocycles. The Kier molecular flexibility index (Phi) is 7.33. The largest absolute Gasteiger partial charge is 0.485 e. The van der Waals surface area contributed by atoms with Crippen LogP contribution in [0.3, 0.4) is 0 Å². The minimum atomic E-state index is -1.07. The number of rotatable bonds is 4. The number of carboxylic acid groups (broad SMARTS) is 1. The summed E-state index contributed by atoms with van der Waals surface area (Å²) >= 11 is 0. The van der Waals surface area contributed by atoms with Crippen molar-refractivity contribution in [3.8, 4) is 5.75 Å². The summed E-state index contributed by atoms with van der Waals surface area (Å²) in [7, 11) is 0. The van der Waals surface area contributed by atoms with Gasteiger partial charge in [-0.2, -0.15) is 0 Å². The Balaban J connectivity index is 0.000000673. The van der Waals surface area contributed by atoms with Crippen molar-refractivity contribution in [2.24, 2.45) is 5.84 Å². The summed E-state index contributed by atoms with van der Waals surface area (Å²) in [6.07, 6.45) is 0.568. The lowest BCUT2D eigenvalue weighted by atomic mass is 10.2. The fourth-order valence-corrected chi connectivity index (χ4v) is 0.893. The van der Waals surface area contributed by atoms with Crippen LogP contribution in [-0.2, 0) is 4.79 Å². The van der Waals surface area contributed by atoms with Crippen LogP contribution in [0.15, 0.2) is 24.3 Å². The van der Waals surface area contributed by atoms with Crippen molar-refractivity contribution in [1.29, 1.82) is 0 Å². The average molecular weight is 228 g/mol. The molecule has 0 saturated carbocycles. The number of benzene rings is 1. The van der Waals surface area contributed by atoms with Crippen molar-refractivity contribution in [2.45, 2.75) is 0 Å². The van der Waals surface area contributed by atoms with Gasteiger partial charge in [0.05, 0.1) is 0 Å². The van der Waals surface area contributed by atoms with Crippen LogP contribution >= 0.6 is 0 Å². The quantitative estimate of drug-likeness (QED) is 0.320. The summed E-state index contributed by atoms with van der Waals surface area (Å²) in [5, 5.41) is 15.8. The van der Waals surface area contributed by atoms with Gasteiger partial charge in [0.25, 0.3) is 0 Å². The van der Waals surface area contributed by atoms with Crippen molar-refractivity contribution >= 4 is 12.3 Å². The second-order valence-corrected chi connectivity index (χ2v) is 2.41. The van der Waals surface area contributed by atoms with Crippen LogP contribution in [-0.4, -0.2) is 29.2 Å². The van der Waals surface area contributed by atoms with Crippen molar-refractivity contribution in [3.05, 3.63) is 29.8 Å². The van der Waals surface area contributed by atoms with E-state index in [1.165, 1.54) is 17.7 Å². The van der Waals surface area contributed by atoms with Gasteiger partial charge in [0.1, 0.15) is 17.9 Å². The topological polar surface area (TPSA) is 122 Å². The third-order valence-corrected chi connectivity index (χ3v) is 1.42. The summed E-state index contributed by atoms with van der Waals surface area (Å²) in [6, 6.07) is 6.17. The van der Waals surface area contributed by atoms with Gasteiger partial charge in [-0.1, -0.05) is 12.1 Å². The van der Waals surface area contributed by atoms with Gasteiger partial charge in [0.15, 0.2) is 6.29 Å². The number of hydrogen-bond acceptors (Lipinski definition) is 6. The molecule has 1 rings (SSSR count). The highest BCUT2D eigenvalue weighted by molar-refractivity contribution is 5.90. The zero-order valence-electron chi connectivity index (χ0n) is 8.29. The maximum atomic E-state index is 10.6. The average Bonchev–Trinajstić information content (AvgIpc) is 2.27. The Bertz CT molecular complexity index is 342. The molecule has 0 fully saturated rings. The van der Waals surface area contributed by atoms with E-state index in [-0.39, 0.29) is 17.9 Å². The monoisotopic (exact) mass is 228 g/mol. The number of para-hydroxylation sites is 1. The first-order valence-corrected chi connectivity index (χ1v) is 4.15. The summed E-state index contributed by atoms with van der Waals surface area (Å²) in [5.41, 5.74) is 1.31. The van der Waals surface area contributed by atoms with Crippen LogP contribution in [0.1, 0.15) is 10.4 Å². The van der Waals surface area contributed by atoms with Crippen molar-refractivity contribution in [1.82, 2.24) is 5.59 Å². The highest BCUT2D eigenvalue weighted by Gasteiger charge is 2.08. The lowest BCUT2D eigenvalue weighted by Gasteiger charge is -2.04. The Labute approximate surface area is 91.4 Å². The molecule has 0 amide bonds. The molecular weight excluding hydrogens is 216 g/mol. The lowest BCUT2D eigenvalue weighted by Crippen LogP contribution is -2.14. The number of carboxylic acids is 1. The zero-order chi connectivity index (χ0) is 12.4. The standard InChI is InChI=1S/C9H8O4.H4N2O/c10-5-6-13-8-4-2-1-3-7(8)9(11)12;1-2-3/h1-5H,6H2,(H,11,12);2-3H,1H2. The molecule has 5 N–H and O–H groups in total. The van der Waals surface area contributed by atoms with Crippen LogP contribution in [0.5, 0.6) is 5.75 Å². The van der Waals surface area contributed by atoms with Crippen LogP contribution in [0, 0.1) is 0 Å². The zero-order valence-corrected chi connectivity index (χ0v) is 8.29. The smallest absolute Gasteiger partial charge is 0.339 e. The maximum Gasteiger partial charge on any atom is 0.339 e. The van der Waals surface area contributed by atoms with E-state index >= 15 is 0 Å². The SMILES string of the molecule is NNO.O=CCOc1ccccc1C(=O)O. The Hall–Kier alpha value is -1.96. The van der Waals surface area contributed by atoms with Gasteiger partial charge < -0.3 is 15.1 Å². The van der Waals surface area contributed by atoms with Crippen LogP contribution in [0.2, 0.25) is 0 Å². The number of hydrazine groups is 1. The molecule has 16 heavy (non-hydrogen) atoms. The number of nitrogens with two attached hydrogens (primary N) is 1. The lowest BCUT2D eigenvalue weighted by molar-refractivity contribution is -0.109. The minimum Gasteiger partial charge on any atom is -0.485 e. The third kappa shape index (κ3) is 5.05. The summed E-state index contributed by atoms with van der Waals surface area (Å²) in [6.45, 7) is -0.135. The summed E-state index contributed by atoms with van der Waals surface area (Å²) in [5.74, 6) is 3.29. The van der Waals surface area contributed by atoms with Crippen LogP contribution < -0.4 is 16.2 Å². The number of aldehydes is 1. The molecule has 0 radical (unpaired) electrons. The molecule has 0 saturated heterocycles. The van der Waals surface area contributed by atoms with Gasteiger partial charge in [-0.15, -0.1) is 5.59 Å². The van der Waals surface area contributed by atoms with Crippen LogP contribution in [0.4, 0.5) is 0 Å². The van der Waals surface area contributed by atoms with E-state index in [0.717, 1.165) is 0 Å². The predicted octanol–water partition coefficient (Wildman–Crippen LogP) is -0.199. The molecule has 1 aromatic carbocycles. The number of hydrogen-bond donors (Lipinski definition) is 4. The fraction of sp³-hybridized carbons (Fsp3) is 0.111. The fourth-order valence-electron chi connectivity index (χ4n) is 0.893. The first-order chi connectivity index (χ1) is 7.67. The van der Waals surface area contributed by atoms with Crippen molar-refractivity contribution in [3.63, 3.8) is 0 Å². The van der Waals surface area contributed by atoms with Gasteiger partial charge in [0.2, 0.25) is 0 Å². The Morgan fingerprint density at radius 2 is 2.06 bits per heavy atom. The molecule has 0 bridgehead atoms. The molecule has 88 valence electrons. The number of aromatic carboxylic acids is 1. The van der Waals surface area contributed by atoms with Gasteiger partial charge in [-0.05, 0) is 12.1 Å². The summed E-state index contributed by atoms with van der Waals surface area (Å²) < 4.78 is 4.90. The number of carbonyl (C=O) groups is 2. The van der Waals surface area contributed by atoms with E-state index in [2.05, 4.69) is 5.84 Å². The van der Waals surface area contributed by atoms with E-state index in [1.54, 1.807) is 12.1 Å². The molecular formula is C9H12N2O5. The molecule has 0 aromatic heterocycles. The highest BCUT2D eigenvalue weighted by Crippen LogP contribution is 2.17. The van der Waals surface area contributed by atoms with Gasteiger partial charge in [-0.25, -0.2) is 10.6 Å². The number of carbonyl (C=O) groups excluding carboxylic acids is 1. The molecule has 0 spiro atoms. The number of nitrogens with one attached hydrogen (secondary N) is 1. The first kappa shape index (κ1) is 14.0. The van der Waals surface area contributed by atoms with Crippen LogP contribution in [0.25, 0.3) is 0 Å². The van der Waals surface area contributed by atoms with E-state index < -0.39 is 5.97 Å². The second-order valence-electron chi connectivity index (χ2n) is 2.41. The Morgan fingerprint density at radius 3 is 2.56 bits per heavy atom. The van der Waals surface area contributed by atoms with Gasteiger partial charge in [0, 0.05) is 0 Å². The second kappa shape index (κ2) is 8.36. The van der Waals surface area contributed by atoms with Crippen molar-refractivity contribution < 1.29 is 24.6 Å². The summed E-state index contributed by atoms with van der Waals surface area (Å²) in [4.78, 5) is 20.6. The molecule has 0 atom stereocenters. The molecule has 0 heterocycles. The predicted molar refractivity (Wildman–Crippen MR) is 54.1 cm³/mol. The van der Waals surface area contributed by atoms with E-state index in [1.807, 2.05) is 0 Å². The molecule has 7 heteroatoms. The van der Waals surface area contributed by atoms with E-state index in [0.29, 0.717) is 6.29 Å². The van der Waals surface area contributed by atoms with E-state index in [4.69, 9.17) is 15.1 Å². The molecule has 0 aliphatic rings. The Morgan fingerprint density at radius 1 is 1.50 bits per heavy atom. The molecule has 1 aromatic rings. The maximum absolute atomic E-state index is 10.6. The number of ether oxygens (including phenoxy) is 1. The van der Waals surface area contributed by atoms with E-state index in [9.17, 15) is 9.59 Å². The third-order valence-electron chi connectivity index (χ3n) is 1.42. The minimum absolute atomic E-state index is 0.0596. The molecule has 7 nitrogen and oxygen atoms in total. The highest BCUT2D eigenvalue weighted by atomic mass is 16.5. The van der Waals surface area contributed by atoms with Gasteiger partial charge in [-0.3, -0.25) is 4.79 Å². The molecule has 0 unspecified atom stereocenters. The first-order valence-electron chi connectivity index (χ1n) is 4.15. The van der Waals surface area contributed by atoms with Crippen molar-refractivity contribution in [2.75, 3.05) is 6.61 Å². The normalized spacial score (nSPS) is 8.62.